The lowest BCUT2D eigenvalue weighted by molar-refractivity contribution is 0.204. The lowest BCUT2D eigenvalue weighted by Crippen LogP contribution is -2.34. The van der Waals surface area contributed by atoms with Crippen LogP contribution in [0, 0.1) is 0 Å². The maximum absolute atomic E-state index is 5.71. The Morgan fingerprint density at radius 3 is 3.06 bits per heavy atom. The third kappa shape index (κ3) is 4.95. The molecule has 0 aliphatic carbocycles. The number of pyridine rings is 1. The molecular formula is C10H15ClN4O. The van der Waals surface area contributed by atoms with Crippen LogP contribution in [-0.4, -0.2) is 31.2 Å². The van der Waals surface area contributed by atoms with Gasteiger partial charge in [0.25, 0.3) is 0 Å². The first-order chi connectivity index (χ1) is 7.72. The van der Waals surface area contributed by atoms with Crippen LogP contribution in [0.25, 0.3) is 0 Å². The highest BCUT2D eigenvalue weighted by Crippen LogP contribution is 2.06. The molecule has 0 radical (unpaired) electrons. The minimum atomic E-state index is 0.383. The molecule has 0 saturated carbocycles. The van der Waals surface area contributed by atoms with Crippen molar-refractivity contribution in [1.82, 2.24) is 10.3 Å². The molecule has 5 nitrogen and oxygen atoms in total. The summed E-state index contributed by atoms with van der Waals surface area (Å²) in [4.78, 5) is 8.22. The lowest BCUT2D eigenvalue weighted by atomic mass is 10.3. The molecule has 6 heteroatoms. The van der Waals surface area contributed by atoms with Crippen LogP contribution in [0.2, 0.25) is 5.02 Å². The van der Waals surface area contributed by atoms with Crippen LogP contribution >= 0.6 is 11.6 Å². The van der Waals surface area contributed by atoms with E-state index >= 15 is 0 Å². The van der Waals surface area contributed by atoms with Crippen molar-refractivity contribution in [2.75, 3.05) is 20.3 Å². The fraction of sp³-hybridized carbons (Fsp3) is 0.400. The van der Waals surface area contributed by atoms with E-state index in [2.05, 4.69) is 15.3 Å². The highest BCUT2D eigenvalue weighted by atomic mass is 35.5. The molecule has 16 heavy (non-hydrogen) atoms. The predicted molar refractivity (Wildman–Crippen MR) is 64.5 cm³/mol. The molecule has 1 aromatic rings. The average Bonchev–Trinajstić information content (AvgIpc) is 2.29. The molecule has 0 aliphatic rings. The van der Waals surface area contributed by atoms with Crippen LogP contribution < -0.4 is 11.1 Å². The molecule has 0 aliphatic heterocycles. The van der Waals surface area contributed by atoms with Crippen LogP contribution in [0.3, 0.4) is 0 Å². The Morgan fingerprint density at radius 1 is 1.62 bits per heavy atom. The minimum Gasteiger partial charge on any atom is -0.383 e. The van der Waals surface area contributed by atoms with Gasteiger partial charge in [-0.1, -0.05) is 11.6 Å². The van der Waals surface area contributed by atoms with E-state index in [1.54, 1.807) is 19.4 Å². The van der Waals surface area contributed by atoms with E-state index in [0.717, 1.165) is 5.69 Å². The van der Waals surface area contributed by atoms with Gasteiger partial charge in [0, 0.05) is 19.9 Å². The number of nitrogens with one attached hydrogen (secondary N) is 1. The Morgan fingerprint density at radius 2 is 2.44 bits per heavy atom. The number of hydrogen-bond acceptors (Lipinski definition) is 3. The third-order valence-electron chi connectivity index (χ3n) is 1.81. The van der Waals surface area contributed by atoms with E-state index in [-0.39, 0.29) is 0 Å². The van der Waals surface area contributed by atoms with Crippen LogP contribution in [0.1, 0.15) is 5.69 Å². The smallest absolute Gasteiger partial charge is 0.189 e. The highest BCUT2D eigenvalue weighted by Gasteiger charge is 1.94. The first-order valence-electron chi connectivity index (χ1n) is 4.85. The Labute approximate surface area is 99.7 Å². The average molecular weight is 243 g/mol. The van der Waals surface area contributed by atoms with E-state index in [1.807, 2.05) is 6.07 Å². The first kappa shape index (κ1) is 12.7. The van der Waals surface area contributed by atoms with Gasteiger partial charge in [-0.3, -0.25) is 4.98 Å². The van der Waals surface area contributed by atoms with Crippen LogP contribution in [0.4, 0.5) is 0 Å². The van der Waals surface area contributed by atoms with Gasteiger partial charge in [0.15, 0.2) is 5.96 Å². The van der Waals surface area contributed by atoms with Crippen LogP contribution in [0.5, 0.6) is 0 Å². The number of aliphatic imine (C=N–C) groups is 1. The summed E-state index contributed by atoms with van der Waals surface area (Å²) in [6.07, 6.45) is 1.58. The zero-order valence-electron chi connectivity index (χ0n) is 9.11. The van der Waals surface area contributed by atoms with E-state index < -0.39 is 0 Å². The van der Waals surface area contributed by atoms with E-state index in [4.69, 9.17) is 22.1 Å². The number of methoxy groups -OCH3 is 1. The number of nitrogens with zero attached hydrogens (tertiary/aromatic N) is 2. The van der Waals surface area contributed by atoms with Crippen molar-refractivity contribution in [3.8, 4) is 0 Å². The van der Waals surface area contributed by atoms with Gasteiger partial charge in [-0.15, -0.1) is 0 Å². The number of nitrogens with two attached hydrogens (primary N) is 1. The summed E-state index contributed by atoms with van der Waals surface area (Å²) >= 11 is 5.71. The maximum Gasteiger partial charge on any atom is 0.189 e. The van der Waals surface area contributed by atoms with Gasteiger partial charge >= 0.3 is 0 Å². The first-order valence-corrected chi connectivity index (χ1v) is 5.23. The van der Waals surface area contributed by atoms with Gasteiger partial charge in [-0.05, 0) is 12.1 Å². The molecule has 1 rings (SSSR count). The zero-order valence-corrected chi connectivity index (χ0v) is 9.87. The van der Waals surface area contributed by atoms with E-state index in [1.165, 1.54) is 0 Å². The largest absolute Gasteiger partial charge is 0.383 e. The number of ether oxygens (including phenoxy) is 1. The van der Waals surface area contributed by atoms with E-state index in [9.17, 15) is 0 Å². The summed E-state index contributed by atoms with van der Waals surface area (Å²) in [5.74, 6) is 0.383. The maximum atomic E-state index is 5.71. The molecule has 0 spiro atoms. The van der Waals surface area contributed by atoms with Crippen molar-refractivity contribution in [3.63, 3.8) is 0 Å². The fourth-order valence-electron chi connectivity index (χ4n) is 1.00. The van der Waals surface area contributed by atoms with Crippen molar-refractivity contribution >= 4 is 17.6 Å². The highest BCUT2D eigenvalue weighted by molar-refractivity contribution is 6.30. The standard InChI is InChI=1S/C10H15ClN4O/c1-16-5-4-13-10(12)15-7-9-3-2-8(11)6-14-9/h2-3,6H,4-5,7H2,1H3,(H3,12,13,15). The van der Waals surface area contributed by atoms with Crippen LogP contribution in [0.15, 0.2) is 23.3 Å². The van der Waals surface area contributed by atoms with Gasteiger partial charge in [-0.25, -0.2) is 4.99 Å². The Hall–Kier alpha value is -1.33. The van der Waals surface area contributed by atoms with Gasteiger partial charge in [-0.2, -0.15) is 0 Å². The molecule has 88 valence electrons. The summed E-state index contributed by atoms with van der Waals surface area (Å²) in [6, 6.07) is 3.59. The lowest BCUT2D eigenvalue weighted by Gasteiger charge is -2.04. The molecule has 0 amide bonds. The molecular weight excluding hydrogens is 228 g/mol. The summed E-state index contributed by atoms with van der Waals surface area (Å²) < 4.78 is 4.87. The molecule has 0 bridgehead atoms. The second-order valence-corrected chi connectivity index (χ2v) is 3.53. The summed E-state index contributed by atoms with van der Waals surface area (Å²) in [5.41, 5.74) is 6.44. The van der Waals surface area contributed by atoms with E-state index in [0.29, 0.717) is 30.7 Å². The monoisotopic (exact) mass is 242 g/mol. The normalized spacial score (nSPS) is 11.5. The number of rotatable bonds is 5. The summed E-state index contributed by atoms with van der Waals surface area (Å²) in [5, 5.41) is 3.52. The van der Waals surface area contributed by atoms with Gasteiger partial charge in [0.05, 0.1) is 23.9 Å². The van der Waals surface area contributed by atoms with Gasteiger partial charge < -0.3 is 15.8 Å². The molecule has 1 aromatic heterocycles. The Balaban J connectivity index is 2.37. The molecule has 0 unspecified atom stereocenters. The molecule has 3 N–H and O–H groups in total. The minimum absolute atomic E-state index is 0.383. The number of guanidine groups is 1. The SMILES string of the molecule is COCCNC(N)=NCc1ccc(Cl)cn1. The van der Waals surface area contributed by atoms with Crippen molar-refractivity contribution in [3.05, 3.63) is 29.0 Å². The fourth-order valence-corrected chi connectivity index (χ4v) is 1.12. The van der Waals surface area contributed by atoms with Crippen LogP contribution in [-0.2, 0) is 11.3 Å². The molecule has 0 atom stereocenters. The molecule has 0 aromatic carbocycles. The Bertz CT molecular complexity index is 339. The number of hydrogen-bond donors (Lipinski definition) is 2. The predicted octanol–water partition coefficient (Wildman–Crippen LogP) is 0.786. The Kier molecular flexibility index (Phi) is 5.60. The van der Waals surface area contributed by atoms with Crippen molar-refractivity contribution in [2.24, 2.45) is 10.7 Å². The van der Waals surface area contributed by atoms with Gasteiger partial charge in [0.1, 0.15) is 0 Å². The summed E-state index contributed by atoms with van der Waals surface area (Å²) in [6.45, 7) is 1.66. The molecule has 0 saturated heterocycles. The van der Waals surface area contributed by atoms with Gasteiger partial charge in [0.2, 0.25) is 0 Å². The molecule has 0 fully saturated rings. The second kappa shape index (κ2) is 7.03. The molecule has 1 heterocycles. The number of aromatic nitrogens is 1. The topological polar surface area (TPSA) is 72.5 Å². The summed E-state index contributed by atoms with van der Waals surface area (Å²) in [7, 11) is 1.63. The quantitative estimate of drug-likeness (QED) is 0.455. The third-order valence-corrected chi connectivity index (χ3v) is 2.04. The second-order valence-electron chi connectivity index (χ2n) is 3.09. The van der Waals surface area contributed by atoms with Crippen molar-refractivity contribution in [1.29, 1.82) is 0 Å². The van der Waals surface area contributed by atoms with Crippen molar-refractivity contribution in [2.45, 2.75) is 6.54 Å². The zero-order chi connectivity index (χ0) is 11.8. The van der Waals surface area contributed by atoms with Crippen molar-refractivity contribution < 1.29 is 4.74 Å². The number of halogens is 1.